The molecule has 0 bridgehead atoms. The van der Waals surface area contributed by atoms with Gasteiger partial charge in [0.25, 0.3) is 5.91 Å². The molecule has 1 saturated heterocycles. The van der Waals surface area contributed by atoms with Gasteiger partial charge < -0.3 is 15.0 Å². The number of nitrogens with one attached hydrogen (secondary N) is 1. The molecule has 1 aromatic carbocycles. The Balaban J connectivity index is 1.93. The van der Waals surface area contributed by atoms with E-state index in [1.165, 1.54) is 0 Å². The molecule has 1 aromatic rings. The van der Waals surface area contributed by atoms with E-state index in [4.69, 9.17) is 4.74 Å². The molecule has 0 aromatic heterocycles. The molecule has 1 aliphatic rings. The first-order valence-electron chi connectivity index (χ1n) is 6.81. The Hall–Kier alpha value is -1.55. The van der Waals surface area contributed by atoms with Crippen molar-refractivity contribution in [3.05, 3.63) is 29.8 Å². The van der Waals surface area contributed by atoms with Crippen molar-refractivity contribution >= 4 is 11.6 Å². The van der Waals surface area contributed by atoms with Gasteiger partial charge in [-0.25, -0.2) is 0 Å². The van der Waals surface area contributed by atoms with Crippen LogP contribution >= 0.6 is 0 Å². The van der Waals surface area contributed by atoms with Gasteiger partial charge in [-0.1, -0.05) is 0 Å². The second-order valence-electron chi connectivity index (χ2n) is 5.10. The van der Waals surface area contributed by atoms with Crippen LogP contribution in [0.1, 0.15) is 23.2 Å². The van der Waals surface area contributed by atoms with Gasteiger partial charge >= 0.3 is 0 Å². The van der Waals surface area contributed by atoms with E-state index >= 15 is 0 Å². The monoisotopic (exact) mass is 262 g/mol. The first kappa shape index (κ1) is 13.9. The minimum atomic E-state index is 0.0771. The summed E-state index contributed by atoms with van der Waals surface area (Å²) in [6, 6.07) is 7.57. The molecule has 1 unspecified atom stereocenters. The summed E-state index contributed by atoms with van der Waals surface area (Å²) in [6.45, 7) is 2.41. The highest BCUT2D eigenvalue weighted by Gasteiger charge is 2.19. The smallest absolute Gasteiger partial charge is 0.253 e. The first-order valence-corrected chi connectivity index (χ1v) is 6.81. The van der Waals surface area contributed by atoms with E-state index < -0.39 is 0 Å². The number of carbonyl (C=O) groups is 1. The van der Waals surface area contributed by atoms with Crippen molar-refractivity contribution in [3.8, 4) is 0 Å². The third kappa shape index (κ3) is 3.70. The molecule has 1 atom stereocenters. The van der Waals surface area contributed by atoms with Crippen LogP contribution in [-0.2, 0) is 4.74 Å². The summed E-state index contributed by atoms with van der Waals surface area (Å²) in [6.07, 6.45) is 2.25. The number of ether oxygens (including phenoxy) is 1. The number of amides is 1. The first-order chi connectivity index (χ1) is 9.20. The Morgan fingerprint density at radius 2 is 2.16 bits per heavy atom. The maximum atomic E-state index is 12.3. The fraction of sp³-hybridized carbons (Fsp3) is 0.533. The van der Waals surface area contributed by atoms with Crippen molar-refractivity contribution in [2.24, 2.45) is 5.92 Å². The van der Waals surface area contributed by atoms with Crippen LogP contribution in [0.4, 0.5) is 5.69 Å². The quantitative estimate of drug-likeness (QED) is 0.904. The van der Waals surface area contributed by atoms with Crippen LogP contribution in [0.2, 0.25) is 0 Å². The van der Waals surface area contributed by atoms with Crippen LogP contribution in [0, 0.1) is 5.92 Å². The largest absolute Gasteiger partial charge is 0.388 e. The van der Waals surface area contributed by atoms with Gasteiger partial charge in [-0.15, -0.1) is 0 Å². The van der Waals surface area contributed by atoms with Crippen molar-refractivity contribution in [1.82, 2.24) is 4.90 Å². The Kier molecular flexibility index (Phi) is 4.80. The summed E-state index contributed by atoms with van der Waals surface area (Å²) in [5, 5.41) is 3.05. The average molecular weight is 262 g/mol. The van der Waals surface area contributed by atoms with Gasteiger partial charge in [-0.3, -0.25) is 4.79 Å². The topological polar surface area (TPSA) is 41.6 Å². The molecule has 0 aliphatic carbocycles. The number of nitrogens with zero attached hydrogens (tertiary/aromatic N) is 1. The Labute approximate surface area is 114 Å². The lowest BCUT2D eigenvalue weighted by Gasteiger charge is -2.27. The van der Waals surface area contributed by atoms with Crippen LogP contribution in [0.5, 0.6) is 0 Å². The predicted molar refractivity (Wildman–Crippen MR) is 76.5 cm³/mol. The lowest BCUT2D eigenvalue weighted by atomic mass is 10.0. The van der Waals surface area contributed by atoms with Gasteiger partial charge in [-0.2, -0.15) is 0 Å². The highest BCUT2D eigenvalue weighted by molar-refractivity contribution is 5.94. The normalized spacial score (nSPS) is 18.9. The molecule has 4 nitrogen and oxygen atoms in total. The fourth-order valence-electron chi connectivity index (χ4n) is 2.42. The number of anilines is 1. The molecular weight excluding hydrogens is 240 g/mol. The molecule has 0 radical (unpaired) electrons. The zero-order chi connectivity index (χ0) is 13.7. The van der Waals surface area contributed by atoms with Gasteiger partial charge in [0.05, 0.1) is 6.61 Å². The lowest BCUT2D eigenvalue weighted by molar-refractivity contribution is 0.0388. The fourth-order valence-corrected chi connectivity index (χ4v) is 2.42. The average Bonchev–Trinajstić information content (AvgIpc) is 2.47. The van der Waals surface area contributed by atoms with Crippen molar-refractivity contribution in [2.45, 2.75) is 12.8 Å². The second-order valence-corrected chi connectivity index (χ2v) is 5.10. The van der Waals surface area contributed by atoms with E-state index in [9.17, 15) is 4.79 Å². The summed E-state index contributed by atoms with van der Waals surface area (Å²) in [5.41, 5.74) is 1.75. The molecule has 0 saturated carbocycles. The minimum absolute atomic E-state index is 0.0771. The third-order valence-corrected chi connectivity index (χ3v) is 3.55. The number of rotatable bonds is 4. The van der Waals surface area contributed by atoms with Crippen LogP contribution in [-0.4, -0.2) is 44.7 Å². The molecule has 104 valence electrons. The van der Waals surface area contributed by atoms with Gasteiger partial charge in [0, 0.05) is 38.5 Å². The van der Waals surface area contributed by atoms with Crippen LogP contribution in [0.15, 0.2) is 24.3 Å². The highest BCUT2D eigenvalue weighted by atomic mass is 16.5. The molecular formula is C15H22N2O2. The van der Waals surface area contributed by atoms with Gasteiger partial charge in [-0.05, 0) is 43.0 Å². The van der Waals surface area contributed by atoms with Crippen LogP contribution in [0.3, 0.4) is 0 Å². The van der Waals surface area contributed by atoms with E-state index in [1.807, 2.05) is 38.4 Å². The molecule has 19 heavy (non-hydrogen) atoms. The van der Waals surface area contributed by atoms with Crippen LogP contribution < -0.4 is 5.32 Å². The van der Waals surface area contributed by atoms with Crippen molar-refractivity contribution in [1.29, 1.82) is 0 Å². The molecule has 1 fully saturated rings. The van der Waals surface area contributed by atoms with Crippen molar-refractivity contribution < 1.29 is 9.53 Å². The number of hydrogen-bond acceptors (Lipinski definition) is 3. The van der Waals surface area contributed by atoms with Gasteiger partial charge in [0.2, 0.25) is 0 Å². The molecule has 1 amide bonds. The predicted octanol–water partition coefficient (Wildman–Crippen LogP) is 2.23. The van der Waals surface area contributed by atoms with Crippen molar-refractivity contribution in [2.75, 3.05) is 39.2 Å². The molecule has 2 rings (SSSR count). The Bertz CT molecular complexity index is 411. The summed E-state index contributed by atoms with van der Waals surface area (Å²) in [7, 11) is 3.73. The molecule has 4 heteroatoms. The maximum Gasteiger partial charge on any atom is 0.253 e. The summed E-state index contributed by atoms with van der Waals surface area (Å²) in [4.78, 5) is 14.1. The van der Waals surface area contributed by atoms with E-state index in [1.54, 1.807) is 4.90 Å². The standard InChI is InChI=1S/C15H22N2O2/c1-16-14-7-5-13(6-8-14)15(18)17(2)10-12-4-3-9-19-11-12/h5-8,12,16H,3-4,9-11H2,1-2H3. The zero-order valence-corrected chi connectivity index (χ0v) is 11.7. The molecule has 1 heterocycles. The minimum Gasteiger partial charge on any atom is -0.388 e. The van der Waals surface area contributed by atoms with E-state index in [-0.39, 0.29) is 5.91 Å². The highest BCUT2D eigenvalue weighted by Crippen LogP contribution is 2.16. The zero-order valence-electron chi connectivity index (χ0n) is 11.7. The van der Waals surface area contributed by atoms with Gasteiger partial charge in [0.1, 0.15) is 0 Å². The molecule has 0 spiro atoms. The maximum absolute atomic E-state index is 12.3. The summed E-state index contributed by atoms with van der Waals surface area (Å²) >= 11 is 0. The van der Waals surface area contributed by atoms with E-state index in [0.717, 1.165) is 43.9 Å². The Morgan fingerprint density at radius 3 is 2.74 bits per heavy atom. The number of hydrogen-bond donors (Lipinski definition) is 1. The lowest BCUT2D eigenvalue weighted by Crippen LogP contribution is -2.35. The molecule has 1 aliphatic heterocycles. The Morgan fingerprint density at radius 1 is 1.42 bits per heavy atom. The number of carbonyl (C=O) groups excluding carboxylic acids is 1. The second kappa shape index (κ2) is 6.57. The summed E-state index contributed by atoms with van der Waals surface area (Å²) in [5.74, 6) is 0.549. The summed E-state index contributed by atoms with van der Waals surface area (Å²) < 4.78 is 5.45. The van der Waals surface area contributed by atoms with E-state index in [2.05, 4.69) is 5.32 Å². The SMILES string of the molecule is CNc1ccc(C(=O)N(C)CC2CCCOC2)cc1. The van der Waals surface area contributed by atoms with Crippen molar-refractivity contribution in [3.63, 3.8) is 0 Å². The van der Waals surface area contributed by atoms with Crippen LogP contribution in [0.25, 0.3) is 0 Å². The van der Waals surface area contributed by atoms with E-state index in [0.29, 0.717) is 5.92 Å². The third-order valence-electron chi connectivity index (χ3n) is 3.55. The molecule has 1 N–H and O–H groups in total. The number of benzene rings is 1. The van der Waals surface area contributed by atoms with Gasteiger partial charge in [0.15, 0.2) is 0 Å².